The number of halogens is 5. The molecule has 1 rings (SSSR count). The molecule has 9 heteroatoms. The summed E-state index contributed by atoms with van der Waals surface area (Å²) in [7, 11) is 0.0860. The van der Waals surface area contributed by atoms with E-state index in [1.165, 1.54) is 0 Å². The number of rotatable bonds is 2. The highest BCUT2D eigenvalue weighted by Crippen LogP contribution is 2.26. The van der Waals surface area contributed by atoms with Gasteiger partial charge in [-0.1, -0.05) is 0 Å². The van der Waals surface area contributed by atoms with Crippen molar-refractivity contribution in [2.45, 2.75) is 11.5 Å². The Balaban J connectivity index is 3.48. The van der Waals surface area contributed by atoms with Crippen molar-refractivity contribution in [3.05, 3.63) is 23.4 Å². The highest BCUT2D eigenvalue weighted by molar-refractivity contribution is 8.13. The predicted molar refractivity (Wildman–Crippen MR) is 42.1 cm³/mol. The van der Waals surface area contributed by atoms with Gasteiger partial charge in [-0.2, -0.15) is 0 Å². The molecule has 3 nitrogen and oxygen atoms in total. The summed E-state index contributed by atoms with van der Waals surface area (Å²) in [5.41, 5.74) is -1.32. The molecule has 0 N–H and O–H groups in total. The Morgan fingerprint density at radius 1 is 1.27 bits per heavy atom. The van der Waals surface area contributed by atoms with Gasteiger partial charge >= 0.3 is 0 Å². The third-order valence-electron chi connectivity index (χ3n) is 1.42. The molecule has 0 bridgehead atoms. The van der Waals surface area contributed by atoms with Crippen LogP contribution in [0.2, 0.25) is 0 Å². The van der Waals surface area contributed by atoms with E-state index in [4.69, 9.17) is 0 Å². The molecule has 0 aliphatic rings. The summed E-state index contributed by atoms with van der Waals surface area (Å²) >= 11 is 0. The van der Waals surface area contributed by atoms with Gasteiger partial charge in [0, 0.05) is 16.9 Å². The van der Waals surface area contributed by atoms with Gasteiger partial charge in [0.05, 0.1) is 5.56 Å². The van der Waals surface area contributed by atoms with Crippen LogP contribution in [0, 0.1) is 11.6 Å². The van der Waals surface area contributed by atoms with E-state index in [1.807, 2.05) is 0 Å². The molecule has 0 atom stereocenters. The van der Waals surface area contributed by atoms with Gasteiger partial charge < -0.3 is 0 Å². The quantitative estimate of drug-likeness (QED) is 0.607. The van der Waals surface area contributed by atoms with Crippen molar-refractivity contribution in [3.63, 3.8) is 0 Å². The predicted octanol–water partition coefficient (Wildman–Crippen LogP) is 2.22. The summed E-state index contributed by atoms with van der Waals surface area (Å²) in [6.45, 7) is 0. The maximum Gasteiger partial charge on any atom is 0.281 e. The molecule has 1 aromatic rings. The molecular formula is C6H2ClF4NO2S. The fourth-order valence-corrected chi connectivity index (χ4v) is 1.59. The highest BCUT2D eigenvalue weighted by Gasteiger charge is 2.26. The molecule has 0 unspecified atom stereocenters. The second-order valence-electron chi connectivity index (χ2n) is 2.39. The van der Waals surface area contributed by atoms with E-state index in [-0.39, 0.29) is 6.20 Å². The van der Waals surface area contributed by atoms with Crippen molar-refractivity contribution in [2.75, 3.05) is 0 Å². The average Bonchev–Trinajstić information content (AvgIpc) is 2.06. The lowest BCUT2D eigenvalue weighted by Crippen LogP contribution is -2.05. The van der Waals surface area contributed by atoms with E-state index in [9.17, 15) is 26.0 Å². The van der Waals surface area contributed by atoms with Crippen LogP contribution in [0.4, 0.5) is 17.6 Å². The topological polar surface area (TPSA) is 47.0 Å². The minimum Gasteiger partial charge on any atom is -0.240 e. The van der Waals surface area contributed by atoms with Crippen molar-refractivity contribution >= 4 is 19.7 Å². The molecule has 0 amide bonds. The SMILES string of the molecule is O=S(=O)(Cl)c1ncc(C(F)F)c(F)c1F. The Hall–Kier alpha value is -0.890. The van der Waals surface area contributed by atoms with Crippen LogP contribution in [0.5, 0.6) is 0 Å². The van der Waals surface area contributed by atoms with Crippen molar-refractivity contribution in [2.24, 2.45) is 0 Å². The molecule has 0 saturated heterocycles. The first kappa shape index (κ1) is 12.2. The zero-order chi connectivity index (χ0) is 11.8. The molecule has 1 aromatic heterocycles. The van der Waals surface area contributed by atoms with Crippen molar-refractivity contribution in [1.82, 2.24) is 4.98 Å². The smallest absolute Gasteiger partial charge is 0.240 e. The second-order valence-corrected chi connectivity index (χ2v) is 4.87. The van der Waals surface area contributed by atoms with E-state index < -0.39 is 37.7 Å². The third kappa shape index (κ3) is 2.37. The average molecular weight is 264 g/mol. The summed E-state index contributed by atoms with van der Waals surface area (Å²) in [5.74, 6) is -3.98. The summed E-state index contributed by atoms with van der Waals surface area (Å²) < 4.78 is 70.9. The van der Waals surface area contributed by atoms with E-state index in [0.717, 1.165) is 0 Å². The summed E-state index contributed by atoms with van der Waals surface area (Å²) in [6, 6.07) is 0. The van der Waals surface area contributed by atoms with Gasteiger partial charge in [0.25, 0.3) is 15.5 Å². The van der Waals surface area contributed by atoms with Crippen LogP contribution in [-0.2, 0) is 9.05 Å². The van der Waals surface area contributed by atoms with Crippen LogP contribution in [0.25, 0.3) is 0 Å². The highest BCUT2D eigenvalue weighted by atomic mass is 35.7. The van der Waals surface area contributed by atoms with Crippen LogP contribution < -0.4 is 0 Å². The lowest BCUT2D eigenvalue weighted by molar-refractivity contribution is 0.144. The Kier molecular flexibility index (Phi) is 3.19. The van der Waals surface area contributed by atoms with Crippen LogP contribution in [0.15, 0.2) is 11.2 Å². The van der Waals surface area contributed by atoms with Crippen LogP contribution in [0.1, 0.15) is 12.0 Å². The van der Waals surface area contributed by atoms with E-state index >= 15 is 0 Å². The standard InChI is InChI=1S/C6H2ClF4NO2S/c7-15(13,14)6-4(9)3(8)2(1-12-6)5(10)11/h1,5H. The summed E-state index contributed by atoms with van der Waals surface area (Å²) in [6.07, 6.45) is -3.07. The minimum atomic E-state index is -4.60. The third-order valence-corrected chi connectivity index (χ3v) is 2.61. The van der Waals surface area contributed by atoms with Crippen molar-refractivity contribution in [3.8, 4) is 0 Å². The zero-order valence-corrected chi connectivity index (χ0v) is 8.29. The molecule has 0 aromatic carbocycles. The fourth-order valence-electron chi connectivity index (χ4n) is 0.784. The molecule has 0 spiro atoms. The van der Waals surface area contributed by atoms with Gasteiger partial charge in [-0.05, 0) is 0 Å². The molecular weight excluding hydrogens is 262 g/mol. The maximum absolute atomic E-state index is 12.9. The Morgan fingerprint density at radius 2 is 1.80 bits per heavy atom. The molecule has 0 aliphatic heterocycles. The number of alkyl halides is 2. The fraction of sp³-hybridized carbons (Fsp3) is 0.167. The lowest BCUT2D eigenvalue weighted by atomic mass is 10.3. The van der Waals surface area contributed by atoms with E-state index in [1.54, 1.807) is 0 Å². The van der Waals surface area contributed by atoms with E-state index in [2.05, 4.69) is 15.7 Å². The number of aromatic nitrogens is 1. The van der Waals surface area contributed by atoms with Gasteiger partial charge in [0.15, 0.2) is 11.6 Å². The Morgan fingerprint density at radius 3 is 2.20 bits per heavy atom. The van der Waals surface area contributed by atoms with Gasteiger partial charge in [0.1, 0.15) is 0 Å². The van der Waals surface area contributed by atoms with Gasteiger partial charge in [-0.25, -0.2) is 31.0 Å². The van der Waals surface area contributed by atoms with Crippen LogP contribution in [-0.4, -0.2) is 13.4 Å². The monoisotopic (exact) mass is 263 g/mol. The zero-order valence-electron chi connectivity index (χ0n) is 6.72. The number of hydrogen-bond acceptors (Lipinski definition) is 3. The Labute approximate surface area is 86.1 Å². The molecule has 0 fully saturated rings. The molecule has 0 aliphatic carbocycles. The first-order valence-corrected chi connectivity index (χ1v) is 5.62. The number of nitrogens with zero attached hydrogens (tertiary/aromatic N) is 1. The second kappa shape index (κ2) is 3.93. The number of pyridine rings is 1. The largest absolute Gasteiger partial charge is 0.281 e. The van der Waals surface area contributed by atoms with Gasteiger partial charge in [0.2, 0.25) is 5.03 Å². The molecule has 1 heterocycles. The molecule has 0 radical (unpaired) electrons. The first-order valence-electron chi connectivity index (χ1n) is 3.32. The van der Waals surface area contributed by atoms with Crippen molar-refractivity contribution < 1.29 is 26.0 Å². The minimum absolute atomic E-state index is 0.221. The van der Waals surface area contributed by atoms with Crippen LogP contribution >= 0.6 is 10.7 Å². The van der Waals surface area contributed by atoms with Crippen LogP contribution in [0.3, 0.4) is 0 Å². The maximum atomic E-state index is 12.9. The first-order chi connectivity index (χ1) is 6.75. The van der Waals surface area contributed by atoms with Crippen molar-refractivity contribution in [1.29, 1.82) is 0 Å². The Bertz CT molecular complexity index is 490. The van der Waals surface area contributed by atoms with E-state index in [0.29, 0.717) is 0 Å². The number of hydrogen-bond donors (Lipinski definition) is 0. The van der Waals surface area contributed by atoms with Gasteiger partial charge in [-0.15, -0.1) is 0 Å². The molecule has 0 saturated carbocycles. The molecule has 84 valence electrons. The van der Waals surface area contributed by atoms with Gasteiger partial charge in [-0.3, -0.25) is 0 Å². The summed E-state index contributed by atoms with van der Waals surface area (Å²) in [5, 5.41) is -1.41. The summed E-state index contributed by atoms with van der Waals surface area (Å²) in [4.78, 5) is 2.82. The lowest BCUT2D eigenvalue weighted by Gasteiger charge is -2.04. The normalized spacial score (nSPS) is 12.1. The molecule has 15 heavy (non-hydrogen) atoms.